The first kappa shape index (κ1) is 20.0. The minimum Gasteiger partial charge on any atom is -0.349 e. The van der Waals surface area contributed by atoms with Crippen LogP contribution < -0.4 is 9.62 Å². The van der Waals surface area contributed by atoms with Crippen molar-refractivity contribution in [1.29, 1.82) is 0 Å². The van der Waals surface area contributed by atoms with Crippen LogP contribution in [-0.2, 0) is 10.0 Å². The number of hydrogen-bond donors (Lipinski definition) is 1. The quantitative estimate of drug-likeness (QED) is 0.778. The van der Waals surface area contributed by atoms with E-state index in [0.717, 1.165) is 11.8 Å². The van der Waals surface area contributed by atoms with Crippen molar-refractivity contribution >= 4 is 21.6 Å². The maximum atomic E-state index is 12.9. The number of amides is 1. The van der Waals surface area contributed by atoms with E-state index in [2.05, 4.69) is 12.2 Å². The van der Waals surface area contributed by atoms with Gasteiger partial charge in [0.25, 0.3) is 15.9 Å². The van der Waals surface area contributed by atoms with Gasteiger partial charge in [0.05, 0.1) is 10.6 Å². The summed E-state index contributed by atoms with van der Waals surface area (Å²) >= 11 is 0. The molecule has 0 aliphatic heterocycles. The summed E-state index contributed by atoms with van der Waals surface area (Å²) in [5.41, 5.74) is 1.08. The molecular weight excluding hydrogens is 384 g/mol. The van der Waals surface area contributed by atoms with Gasteiger partial charge in [-0.1, -0.05) is 24.6 Å². The molecule has 0 radical (unpaired) electrons. The lowest BCUT2D eigenvalue weighted by Gasteiger charge is -2.28. The summed E-state index contributed by atoms with van der Waals surface area (Å²) < 4.78 is 27.0. The molecule has 29 heavy (non-hydrogen) atoms. The second-order valence-electron chi connectivity index (χ2n) is 8.43. The molecule has 5 nitrogen and oxygen atoms in total. The largest absolute Gasteiger partial charge is 0.349 e. The van der Waals surface area contributed by atoms with Gasteiger partial charge in [0.1, 0.15) is 0 Å². The zero-order chi connectivity index (χ0) is 20.6. The van der Waals surface area contributed by atoms with Crippen LogP contribution in [0.25, 0.3) is 0 Å². The summed E-state index contributed by atoms with van der Waals surface area (Å²) in [6.45, 7) is 2.09. The molecule has 2 aliphatic carbocycles. The number of carbonyl (C=O) groups excluding carboxylic acids is 1. The van der Waals surface area contributed by atoms with Crippen LogP contribution >= 0.6 is 0 Å². The van der Waals surface area contributed by atoms with E-state index in [-0.39, 0.29) is 16.8 Å². The molecule has 154 valence electrons. The zero-order valence-corrected chi connectivity index (χ0v) is 17.7. The molecule has 4 atom stereocenters. The Balaban J connectivity index is 1.44. The van der Waals surface area contributed by atoms with Crippen LogP contribution in [0.1, 0.15) is 43.0 Å². The minimum absolute atomic E-state index is 0.138. The number of hydrogen-bond acceptors (Lipinski definition) is 3. The highest BCUT2D eigenvalue weighted by molar-refractivity contribution is 7.92. The maximum Gasteiger partial charge on any atom is 0.264 e. The molecule has 2 fully saturated rings. The van der Waals surface area contributed by atoms with E-state index in [1.165, 1.54) is 49.2 Å². The van der Waals surface area contributed by atoms with Crippen LogP contribution in [0.15, 0.2) is 59.5 Å². The normalized spacial score (nSPS) is 24.3. The molecule has 4 rings (SSSR count). The Hall–Kier alpha value is -2.34. The molecule has 0 heterocycles. The van der Waals surface area contributed by atoms with Crippen LogP contribution in [0.4, 0.5) is 5.69 Å². The van der Waals surface area contributed by atoms with Gasteiger partial charge in [0.15, 0.2) is 0 Å². The number of rotatable bonds is 6. The van der Waals surface area contributed by atoms with Crippen molar-refractivity contribution in [1.82, 2.24) is 5.32 Å². The monoisotopic (exact) mass is 412 g/mol. The topological polar surface area (TPSA) is 66.5 Å². The molecule has 1 N–H and O–H groups in total. The molecule has 0 unspecified atom stereocenters. The van der Waals surface area contributed by atoms with Crippen LogP contribution in [0.3, 0.4) is 0 Å². The van der Waals surface area contributed by atoms with Gasteiger partial charge in [-0.25, -0.2) is 8.42 Å². The number of benzene rings is 2. The molecule has 6 heteroatoms. The average Bonchev–Trinajstić information content (AvgIpc) is 3.37. The molecule has 2 bridgehead atoms. The lowest BCUT2D eigenvalue weighted by atomic mass is 9.84. The lowest BCUT2D eigenvalue weighted by molar-refractivity contribution is 0.0915. The smallest absolute Gasteiger partial charge is 0.264 e. The molecule has 2 aromatic carbocycles. The van der Waals surface area contributed by atoms with E-state index in [1.807, 2.05) is 6.07 Å². The number of nitrogens with zero attached hydrogens (tertiary/aromatic N) is 1. The lowest BCUT2D eigenvalue weighted by Crippen LogP contribution is -2.40. The highest BCUT2D eigenvalue weighted by Crippen LogP contribution is 2.49. The minimum atomic E-state index is -3.67. The fourth-order valence-electron chi connectivity index (χ4n) is 5.02. The van der Waals surface area contributed by atoms with Crippen molar-refractivity contribution in [3.05, 3.63) is 60.2 Å². The summed E-state index contributed by atoms with van der Waals surface area (Å²) in [5.74, 6) is 2.02. The Kier molecular flexibility index (Phi) is 5.38. The number of para-hydroxylation sites is 1. The molecule has 0 saturated heterocycles. The number of nitrogens with one attached hydrogen (secondary N) is 1. The summed E-state index contributed by atoms with van der Waals surface area (Å²) in [6, 6.07) is 15.3. The number of carbonyl (C=O) groups is 1. The van der Waals surface area contributed by atoms with Gasteiger partial charge in [0, 0.05) is 18.7 Å². The molecule has 2 aromatic rings. The van der Waals surface area contributed by atoms with Crippen molar-refractivity contribution in [2.24, 2.45) is 17.8 Å². The van der Waals surface area contributed by atoms with Crippen molar-refractivity contribution < 1.29 is 13.2 Å². The van der Waals surface area contributed by atoms with Crippen molar-refractivity contribution in [2.75, 3.05) is 11.4 Å². The second kappa shape index (κ2) is 7.82. The Morgan fingerprint density at radius 2 is 1.72 bits per heavy atom. The van der Waals surface area contributed by atoms with Crippen LogP contribution in [0.2, 0.25) is 0 Å². The third kappa shape index (κ3) is 3.90. The van der Waals surface area contributed by atoms with Gasteiger partial charge in [-0.15, -0.1) is 0 Å². The molecular formula is C23H28N2O3S. The second-order valence-corrected chi connectivity index (χ2v) is 10.4. The first-order valence-electron chi connectivity index (χ1n) is 10.3. The van der Waals surface area contributed by atoms with Crippen LogP contribution in [0, 0.1) is 17.8 Å². The van der Waals surface area contributed by atoms with Gasteiger partial charge in [0.2, 0.25) is 0 Å². The van der Waals surface area contributed by atoms with Crippen molar-refractivity contribution in [2.45, 2.75) is 43.5 Å². The fourth-order valence-corrected chi connectivity index (χ4v) is 6.21. The molecule has 1 amide bonds. The molecule has 0 spiro atoms. The predicted molar refractivity (Wildman–Crippen MR) is 114 cm³/mol. The number of anilines is 1. The molecule has 2 saturated carbocycles. The van der Waals surface area contributed by atoms with Gasteiger partial charge < -0.3 is 5.32 Å². The Labute approximate surface area is 173 Å². The zero-order valence-electron chi connectivity index (χ0n) is 16.9. The predicted octanol–water partition coefficient (Wildman–Crippen LogP) is 4.07. The first-order valence-corrected chi connectivity index (χ1v) is 11.7. The van der Waals surface area contributed by atoms with E-state index in [1.54, 1.807) is 36.4 Å². The summed E-state index contributed by atoms with van der Waals surface area (Å²) in [4.78, 5) is 12.8. The van der Waals surface area contributed by atoms with E-state index in [9.17, 15) is 13.2 Å². The van der Waals surface area contributed by atoms with Gasteiger partial charge >= 0.3 is 0 Å². The third-order valence-corrected chi connectivity index (χ3v) is 8.49. The van der Waals surface area contributed by atoms with Gasteiger partial charge in [-0.3, -0.25) is 9.10 Å². The first-order chi connectivity index (χ1) is 13.9. The van der Waals surface area contributed by atoms with E-state index in [4.69, 9.17) is 0 Å². The third-order valence-electron chi connectivity index (χ3n) is 6.69. The van der Waals surface area contributed by atoms with Crippen molar-refractivity contribution in [3.8, 4) is 0 Å². The Morgan fingerprint density at radius 1 is 1.03 bits per heavy atom. The summed E-state index contributed by atoms with van der Waals surface area (Å²) in [6.07, 6.45) is 5.16. The number of fused-ring (bicyclic) bond motifs is 2. The summed E-state index contributed by atoms with van der Waals surface area (Å²) in [7, 11) is -2.14. The molecule has 2 aliphatic rings. The average molecular weight is 413 g/mol. The van der Waals surface area contributed by atoms with E-state index in [0.29, 0.717) is 17.2 Å². The van der Waals surface area contributed by atoms with Crippen LogP contribution in [0.5, 0.6) is 0 Å². The van der Waals surface area contributed by atoms with Crippen molar-refractivity contribution in [3.63, 3.8) is 0 Å². The fraction of sp³-hybridized carbons (Fsp3) is 0.435. The highest BCUT2D eigenvalue weighted by Gasteiger charge is 2.42. The van der Waals surface area contributed by atoms with Crippen LogP contribution in [-0.4, -0.2) is 27.4 Å². The standard InChI is InChI=1S/C23H28N2O3S/c1-16(22-15-17-8-9-19(22)14-17)24-23(26)18-10-12-21(13-11-18)29(27,28)25(2)20-6-4-3-5-7-20/h3-7,10-13,16-17,19,22H,8-9,14-15H2,1-2H3,(H,24,26)/t16-,17+,19+,22-/m1/s1. The van der Waals surface area contributed by atoms with Gasteiger partial charge in [-0.05, 0) is 80.3 Å². The van der Waals surface area contributed by atoms with E-state index < -0.39 is 10.0 Å². The maximum absolute atomic E-state index is 12.9. The number of sulfonamides is 1. The Morgan fingerprint density at radius 3 is 2.31 bits per heavy atom. The van der Waals surface area contributed by atoms with Gasteiger partial charge in [-0.2, -0.15) is 0 Å². The summed E-state index contributed by atoms with van der Waals surface area (Å²) in [5, 5.41) is 3.13. The van der Waals surface area contributed by atoms with E-state index >= 15 is 0 Å². The SMILES string of the molecule is C[C@@H](NC(=O)c1ccc(S(=O)(=O)N(C)c2ccccc2)cc1)[C@H]1C[C@H]2CC[C@H]1C2. The Bertz CT molecular complexity index is 973. The highest BCUT2D eigenvalue weighted by atomic mass is 32.2. The molecule has 0 aromatic heterocycles.